The molecule has 3 aliphatic carbocycles. The third-order valence-corrected chi connectivity index (χ3v) is 9.10. The van der Waals surface area contributed by atoms with E-state index in [1.54, 1.807) is 46.4 Å². The Morgan fingerprint density at radius 1 is 1.04 bits per heavy atom. The number of Topliss-reactive ketones (excluding diaryl/α,β-unsaturated/α-hetero) is 2. The van der Waals surface area contributed by atoms with Crippen LogP contribution in [-0.2, 0) is 33.9 Å². The average Bonchev–Trinajstić information content (AvgIpc) is 2.95. The summed E-state index contributed by atoms with van der Waals surface area (Å²) in [4.78, 5) is 54.0. The second kappa shape index (κ2) is 11.3. The lowest BCUT2D eigenvalue weighted by molar-refractivity contribution is -0.153. The number of nitrogens with two attached hydrogens (primary N) is 1. The molecule has 0 radical (unpaired) electrons. The van der Waals surface area contributed by atoms with Gasteiger partial charge >= 0.3 is 5.97 Å². The first-order chi connectivity index (χ1) is 21.1. The number of anilines is 1. The van der Waals surface area contributed by atoms with Gasteiger partial charge in [-0.3, -0.25) is 19.3 Å². The molecule has 0 aliphatic heterocycles. The zero-order valence-electron chi connectivity index (χ0n) is 25.3. The molecule has 2 unspecified atom stereocenters. The molecule has 238 valence electrons. The van der Waals surface area contributed by atoms with Gasteiger partial charge in [-0.15, -0.1) is 0 Å². The number of phenolic OH excluding ortho intramolecular Hbond substituents is 1. The van der Waals surface area contributed by atoms with Crippen LogP contribution in [0.3, 0.4) is 0 Å². The number of carbonyl (C=O) groups excluding carboxylic acids is 3. The molecule has 45 heavy (non-hydrogen) atoms. The van der Waals surface area contributed by atoms with E-state index < -0.39 is 64.0 Å². The number of aliphatic hydroxyl groups is 3. The lowest BCUT2D eigenvalue weighted by Gasteiger charge is -2.50. The summed E-state index contributed by atoms with van der Waals surface area (Å²) in [5.74, 6) is -7.99. The van der Waals surface area contributed by atoms with Gasteiger partial charge in [-0.1, -0.05) is 12.1 Å². The van der Waals surface area contributed by atoms with E-state index in [9.17, 15) is 39.6 Å². The molecule has 2 aromatic carbocycles. The zero-order valence-corrected chi connectivity index (χ0v) is 25.3. The fourth-order valence-electron chi connectivity index (χ4n) is 6.99. The number of carbonyl (C=O) groups is 4. The molecule has 2 aromatic rings. The molecule has 4 atom stereocenters. The van der Waals surface area contributed by atoms with E-state index in [4.69, 9.17) is 10.8 Å². The first-order valence-corrected chi connectivity index (χ1v) is 14.3. The maximum absolute atomic E-state index is 14.1. The molecule has 13 nitrogen and oxygen atoms in total. The number of ketones is 2. The number of benzene rings is 2. The van der Waals surface area contributed by atoms with Crippen molar-refractivity contribution in [3.05, 3.63) is 75.1 Å². The Kier molecular flexibility index (Phi) is 7.98. The molecule has 3 aliphatic rings. The second-order valence-electron chi connectivity index (χ2n) is 12.2. The molecule has 1 saturated carbocycles. The third kappa shape index (κ3) is 4.93. The number of likely N-dealkylation sites (N-methyl/N-ethyl adjacent to an activating group) is 1. The summed E-state index contributed by atoms with van der Waals surface area (Å²) in [6.07, 6.45) is 0.183. The zero-order chi connectivity index (χ0) is 33.1. The number of carboxylic acids is 1. The largest absolute Gasteiger partial charge is 0.508 e. The average molecular weight is 621 g/mol. The van der Waals surface area contributed by atoms with Crippen molar-refractivity contribution in [1.29, 1.82) is 0 Å². The number of hydrogen-bond acceptors (Lipinski definition) is 11. The number of nitrogens with zero attached hydrogens (tertiary/aromatic N) is 2. The molecule has 0 heterocycles. The fourth-order valence-corrected chi connectivity index (χ4v) is 6.99. The highest BCUT2D eigenvalue weighted by atomic mass is 16.4. The molecule has 1 fully saturated rings. The predicted molar refractivity (Wildman–Crippen MR) is 163 cm³/mol. The third-order valence-electron chi connectivity index (χ3n) is 9.10. The number of phenols is 1. The van der Waals surface area contributed by atoms with E-state index in [1.807, 2.05) is 4.90 Å². The fraction of sp³-hybridized carbons (Fsp3) is 0.375. The van der Waals surface area contributed by atoms with E-state index in [-0.39, 0.29) is 41.8 Å². The number of amides is 1. The van der Waals surface area contributed by atoms with Crippen molar-refractivity contribution in [3.63, 3.8) is 0 Å². The van der Waals surface area contributed by atoms with Crippen molar-refractivity contribution in [2.24, 2.45) is 17.6 Å². The standard InChI is InChI=1S/C32H36N4O9/c1-35(2)20-11-17(13-34-12-14-5-7-15(8-6-14)31(43)44)25(37)22-18(20)9-16-10-19-24(36(3)4)27(39)23(30(33)42)29(41)32(19,45)28(40)21(16)26(22)38/h5-8,11,16,19,24,34,37-38,41,45H,9-10,12-13H2,1-4H3,(H2,33,42)(H,43,44)/t16?,19?,24-,32+/m1/s1. The van der Waals surface area contributed by atoms with Gasteiger partial charge in [0, 0.05) is 49.9 Å². The Morgan fingerprint density at radius 2 is 1.69 bits per heavy atom. The van der Waals surface area contributed by atoms with Gasteiger partial charge in [-0.2, -0.15) is 0 Å². The molecule has 0 spiro atoms. The van der Waals surface area contributed by atoms with Gasteiger partial charge in [0.2, 0.25) is 5.78 Å². The maximum atomic E-state index is 14.1. The maximum Gasteiger partial charge on any atom is 0.335 e. The molecule has 0 saturated heterocycles. The number of rotatable bonds is 8. The number of nitrogens with one attached hydrogen (secondary N) is 1. The van der Waals surface area contributed by atoms with E-state index in [1.165, 1.54) is 17.0 Å². The van der Waals surface area contributed by atoms with E-state index >= 15 is 0 Å². The summed E-state index contributed by atoms with van der Waals surface area (Å²) in [7, 11) is 6.70. The Morgan fingerprint density at radius 3 is 2.24 bits per heavy atom. The van der Waals surface area contributed by atoms with Crippen LogP contribution in [0.2, 0.25) is 0 Å². The summed E-state index contributed by atoms with van der Waals surface area (Å²) in [6, 6.07) is 6.94. The predicted octanol–water partition coefficient (Wildman–Crippen LogP) is 1.02. The van der Waals surface area contributed by atoms with Crippen LogP contribution in [0.5, 0.6) is 5.75 Å². The SMILES string of the molecule is CN(C)c1cc(CNCc2ccc(C(=O)O)cc2)c(O)c2c1CC1CC3[C@@H](N(C)C)C(=O)C(C(N)=O)=C(O)[C@@]3(O)C(=O)C1=C2O. The number of primary amides is 1. The van der Waals surface area contributed by atoms with E-state index in [2.05, 4.69) is 5.32 Å². The minimum atomic E-state index is -2.71. The minimum Gasteiger partial charge on any atom is -0.508 e. The highest BCUT2D eigenvalue weighted by Crippen LogP contribution is 2.54. The highest BCUT2D eigenvalue weighted by Gasteiger charge is 2.64. The van der Waals surface area contributed by atoms with Gasteiger partial charge in [-0.25, -0.2) is 4.79 Å². The lowest BCUT2D eigenvalue weighted by Crippen LogP contribution is -2.65. The first-order valence-electron chi connectivity index (χ1n) is 14.3. The van der Waals surface area contributed by atoms with Crippen molar-refractivity contribution in [2.75, 3.05) is 33.1 Å². The van der Waals surface area contributed by atoms with Crippen LogP contribution in [0.1, 0.15) is 39.0 Å². The van der Waals surface area contributed by atoms with Crippen molar-refractivity contribution in [2.45, 2.75) is 37.6 Å². The smallest absolute Gasteiger partial charge is 0.335 e. The summed E-state index contributed by atoms with van der Waals surface area (Å²) in [5, 5.41) is 58.2. The molecule has 1 amide bonds. The number of aliphatic hydroxyl groups excluding tert-OH is 2. The van der Waals surface area contributed by atoms with E-state index in [0.29, 0.717) is 23.4 Å². The van der Waals surface area contributed by atoms with Crippen LogP contribution in [-0.4, -0.2) is 93.7 Å². The molecular formula is C32H36N4O9. The van der Waals surface area contributed by atoms with Crippen molar-refractivity contribution in [1.82, 2.24) is 10.2 Å². The van der Waals surface area contributed by atoms with Gasteiger partial charge in [0.05, 0.1) is 17.2 Å². The normalized spacial score (nSPS) is 24.4. The Labute approximate surface area is 258 Å². The van der Waals surface area contributed by atoms with Crippen LogP contribution in [0.25, 0.3) is 5.76 Å². The minimum absolute atomic E-state index is 0.00334. The van der Waals surface area contributed by atoms with Gasteiger partial charge in [-0.05, 0) is 62.2 Å². The highest BCUT2D eigenvalue weighted by molar-refractivity contribution is 6.24. The summed E-state index contributed by atoms with van der Waals surface area (Å²) in [6.45, 7) is 0.486. The first kappa shape index (κ1) is 31.7. The van der Waals surface area contributed by atoms with E-state index in [0.717, 1.165) is 5.56 Å². The van der Waals surface area contributed by atoms with Gasteiger partial charge in [0.1, 0.15) is 22.8 Å². The second-order valence-corrected chi connectivity index (χ2v) is 12.2. The van der Waals surface area contributed by atoms with Crippen molar-refractivity contribution < 1.29 is 44.7 Å². The summed E-state index contributed by atoms with van der Waals surface area (Å²) in [5.41, 5.74) is 4.22. The van der Waals surface area contributed by atoms with Crippen molar-refractivity contribution >= 4 is 34.9 Å². The summed E-state index contributed by atoms with van der Waals surface area (Å²) >= 11 is 0. The Hall–Kier alpha value is -4.72. The van der Waals surface area contributed by atoms with Crippen LogP contribution in [0, 0.1) is 11.8 Å². The Balaban J connectivity index is 1.57. The number of hydrogen-bond donors (Lipinski definition) is 7. The summed E-state index contributed by atoms with van der Waals surface area (Å²) < 4.78 is 0. The molecule has 0 bridgehead atoms. The molecular weight excluding hydrogens is 584 g/mol. The van der Waals surface area contributed by atoms with Crippen molar-refractivity contribution in [3.8, 4) is 5.75 Å². The monoisotopic (exact) mass is 620 g/mol. The number of aromatic carboxylic acids is 1. The van der Waals surface area contributed by atoms with Crippen LogP contribution in [0.15, 0.2) is 47.2 Å². The molecule has 0 aromatic heterocycles. The Bertz CT molecular complexity index is 1690. The topological polar surface area (TPSA) is 214 Å². The molecule has 8 N–H and O–H groups in total. The van der Waals surface area contributed by atoms with Gasteiger partial charge < -0.3 is 41.5 Å². The number of carboxylic acid groups (broad SMARTS) is 1. The van der Waals surface area contributed by atoms with Gasteiger partial charge in [0.25, 0.3) is 5.91 Å². The number of fused-ring (bicyclic) bond motifs is 3. The number of aromatic hydroxyl groups is 1. The quantitative estimate of drug-likeness (QED) is 0.206. The van der Waals surface area contributed by atoms with Gasteiger partial charge in [0.15, 0.2) is 11.4 Å². The van der Waals surface area contributed by atoms with Crippen LogP contribution < -0.4 is 16.0 Å². The lowest BCUT2D eigenvalue weighted by atomic mass is 9.57. The van der Waals surface area contributed by atoms with Crippen LogP contribution in [0.4, 0.5) is 5.69 Å². The molecule has 13 heteroatoms. The molecule has 5 rings (SSSR count). The van der Waals surface area contributed by atoms with Crippen LogP contribution >= 0.6 is 0 Å².